The normalized spacial score (nSPS) is 20.6. The Hall–Kier alpha value is -2.37. The summed E-state index contributed by atoms with van der Waals surface area (Å²) in [5.74, 6) is 0.141. The molecule has 1 fully saturated rings. The van der Waals surface area contributed by atoms with Gasteiger partial charge in [-0.3, -0.25) is 14.4 Å². The van der Waals surface area contributed by atoms with Crippen LogP contribution >= 0.6 is 0 Å². The van der Waals surface area contributed by atoms with Crippen molar-refractivity contribution >= 4 is 29.1 Å². The molecule has 0 aliphatic carbocycles. The Kier molecular flexibility index (Phi) is 5.59. The second-order valence-corrected chi connectivity index (χ2v) is 7.17. The molecule has 6 heteroatoms. The van der Waals surface area contributed by atoms with Crippen LogP contribution in [0.15, 0.2) is 24.3 Å². The van der Waals surface area contributed by atoms with E-state index in [1.165, 1.54) is 0 Å². The highest BCUT2D eigenvalue weighted by Gasteiger charge is 2.33. The Bertz CT molecular complexity index is 703. The van der Waals surface area contributed by atoms with E-state index >= 15 is 0 Å². The fraction of sp³-hybridized carbons (Fsp3) is 0.550. The molecule has 1 aromatic carbocycles. The number of benzene rings is 1. The van der Waals surface area contributed by atoms with E-state index in [9.17, 15) is 14.4 Å². The molecule has 3 rings (SSSR count). The van der Waals surface area contributed by atoms with Crippen LogP contribution in [-0.4, -0.2) is 48.3 Å². The lowest BCUT2D eigenvalue weighted by atomic mass is 10.1. The lowest BCUT2D eigenvalue weighted by molar-refractivity contribution is -0.131. The van der Waals surface area contributed by atoms with Gasteiger partial charge < -0.3 is 14.7 Å². The first kappa shape index (κ1) is 18.4. The van der Waals surface area contributed by atoms with Crippen LogP contribution in [0, 0.1) is 0 Å². The van der Waals surface area contributed by atoms with Gasteiger partial charge in [-0.2, -0.15) is 0 Å². The molecule has 3 amide bonds. The molecule has 1 saturated heterocycles. The second-order valence-electron chi connectivity index (χ2n) is 7.17. The molecule has 140 valence electrons. The summed E-state index contributed by atoms with van der Waals surface area (Å²) >= 11 is 0. The van der Waals surface area contributed by atoms with Crippen molar-refractivity contribution in [3.63, 3.8) is 0 Å². The number of amides is 3. The summed E-state index contributed by atoms with van der Waals surface area (Å²) in [6, 6.07) is 7.44. The minimum Gasteiger partial charge on any atom is -0.342 e. The third-order valence-corrected chi connectivity index (χ3v) is 5.23. The van der Waals surface area contributed by atoms with E-state index in [1.54, 1.807) is 16.7 Å². The Labute approximate surface area is 154 Å². The van der Waals surface area contributed by atoms with Gasteiger partial charge in [0.15, 0.2) is 0 Å². The van der Waals surface area contributed by atoms with Crippen molar-refractivity contribution in [3.8, 4) is 0 Å². The Morgan fingerprint density at radius 2 is 1.85 bits per heavy atom. The van der Waals surface area contributed by atoms with Crippen LogP contribution in [0.5, 0.6) is 0 Å². The molecule has 1 aromatic rings. The van der Waals surface area contributed by atoms with Crippen molar-refractivity contribution in [1.29, 1.82) is 0 Å². The molecule has 2 aliphatic heterocycles. The highest BCUT2D eigenvalue weighted by Crippen LogP contribution is 2.35. The summed E-state index contributed by atoms with van der Waals surface area (Å²) in [6.07, 6.45) is 3.94. The average molecular weight is 357 g/mol. The van der Waals surface area contributed by atoms with Crippen molar-refractivity contribution in [1.82, 2.24) is 4.90 Å². The third-order valence-electron chi connectivity index (χ3n) is 5.23. The Morgan fingerprint density at radius 1 is 1.12 bits per heavy atom. The van der Waals surface area contributed by atoms with Crippen LogP contribution in [0.4, 0.5) is 11.4 Å². The lowest BCUT2D eigenvalue weighted by Crippen LogP contribution is -2.51. The number of rotatable bonds is 3. The number of anilines is 2. The zero-order chi connectivity index (χ0) is 18.7. The molecule has 2 aliphatic rings. The van der Waals surface area contributed by atoms with E-state index in [1.807, 2.05) is 36.1 Å². The van der Waals surface area contributed by atoms with Crippen molar-refractivity contribution in [3.05, 3.63) is 24.3 Å². The molecule has 0 unspecified atom stereocenters. The fourth-order valence-electron chi connectivity index (χ4n) is 3.93. The van der Waals surface area contributed by atoms with Gasteiger partial charge in [0, 0.05) is 39.4 Å². The van der Waals surface area contributed by atoms with Gasteiger partial charge in [-0.1, -0.05) is 18.6 Å². The number of carbonyl (C=O) groups is 3. The predicted molar refractivity (Wildman–Crippen MR) is 101 cm³/mol. The summed E-state index contributed by atoms with van der Waals surface area (Å²) in [5, 5.41) is 0. The number of hydrogen-bond donors (Lipinski definition) is 0. The van der Waals surface area contributed by atoms with Crippen LogP contribution in [0.1, 0.15) is 46.0 Å². The molecular weight excluding hydrogens is 330 g/mol. The fourth-order valence-corrected chi connectivity index (χ4v) is 3.93. The number of para-hydroxylation sites is 2. The summed E-state index contributed by atoms with van der Waals surface area (Å²) in [6.45, 7) is 5.20. The number of fused-ring (bicyclic) bond motifs is 1. The van der Waals surface area contributed by atoms with E-state index in [0.717, 1.165) is 37.2 Å². The maximum absolute atomic E-state index is 12.9. The molecule has 0 N–H and O–H groups in total. The topological polar surface area (TPSA) is 60.9 Å². The van der Waals surface area contributed by atoms with Gasteiger partial charge in [-0.15, -0.1) is 0 Å². The summed E-state index contributed by atoms with van der Waals surface area (Å²) in [7, 11) is 0. The number of carbonyl (C=O) groups excluding carboxylic acids is 3. The van der Waals surface area contributed by atoms with Crippen molar-refractivity contribution in [2.75, 3.05) is 29.4 Å². The monoisotopic (exact) mass is 357 g/mol. The Morgan fingerprint density at radius 3 is 2.58 bits per heavy atom. The number of likely N-dealkylation sites (tertiary alicyclic amines) is 1. The maximum atomic E-state index is 12.9. The molecule has 6 nitrogen and oxygen atoms in total. The molecule has 1 atom stereocenters. The zero-order valence-electron chi connectivity index (χ0n) is 15.6. The molecule has 0 bridgehead atoms. The van der Waals surface area contributed by atoms with E-state index in [4.69, 9.17) is 0 Å². The first-order valence-electron chi connectivity index (χ1n) is 9.46. The van der Waals surface area contributed by atoms with Crippen molar-refractivity contribution in [2.24, 2.45) is 0 Å². The average Bonchev–Trinajstić information content (AvgIpc) is 2.82. The van der Waals surface area contributed by atoms with E-state index in [2.05, 4.69) is 0 Å². The smallest absolute Gasteiger partial charge is 0.228 e. The maximum Gasteiger partial charge on any atom is 0.228 e. The molecule has 2 heterocycles. The summed E-state index contributed by atoms with van der Waals surface area (Å²) < 4.78 is 0. The van der Waals surface area contributed by atoms with Crippen LogP contribution in [0.3, 0.4) is 0 Å². The van der Waals surface area contributed by atoms with Gasteiger partial charge in [0.05, 0.1) is 17.4 Å². The minimum absolute atomic E-state index is 0.00421. The van der Waals surface area contributed by atoms with Gasteiger partial charge in [-0.05, 0) is 31.9 Å². The molecular formula is C20H27N3O3. The predicted octanol–water partition coefficient (Wildman–Crippen LogP) is 2.57. The van der Waals surface area contributed by atoms with Gasteiger partial charge in [0.25, 0.3) is 0 Å². The van der Waals surface area contributed by atoms with E-state index < -0.39 is 0 Å². The first-order chi connectivity index (χ1) is 12.5. The minimum atomic E-state index is -0.0776. The third kappa shape index (κ3) is 3.74. The van der Waals surface area contributed by atoms with Gasteiger partial charge in [0.2, 0.25) is 17.7 Å². The molecule has 26 heavy (non-hydrogen) atoms. The molecule has 0 radical (unpaired) electrons. The lowest BCUT2D eigenvalue weighted by Gasteiger charge is -2.41. The quantitative estimate of drug-likeness (QED) is 0.835. The highest BCUT2D eigenvalue weighted by molar-refractivity contribution is 6.04. The Balaban J connectivity index is 1.74. The second kappa shape index (κ2) is 7.89. The SMILES string of the molecule is CC(=O)N1c2ccccc2N(C(=O)CCN2CCCCCC2=O)C[C@@H]1C. The van der Waals surface area contributed by atoms with E-state index in [0.29, 0.717) is 25.9 Å². The zero-order valence-corrected chi connectivity index (χ0v) is 15.6. The van der Waals surface area contributed by atoms with Crippen LogP contribution in [0.2, 0.25) is 0 Å². The highest BCUT2D eigenvalue weighted by atomic mass is 16.2. The standard InChI is InChI=1S/C20H27N3O3/c1-15-14-22(17-8-5-6-9-18(17)23(15)16(2)24)20(26)11-13-21-12-7-3-4-10-19(21)25/h5-6,8-9,15H,3-4,7,10-14H2,1-2H3/t15-/m0/s1. The van der Waals surface area contributed by atoms with Crippen molar-refractivity contribution in [2.45, 2.75) is 52.0 Å². The van der Waals surface area contributed by atoms with E-state index in [-0.39, 0.29) is 23.8 Å². The molecule has 0 spiro atoms. The molecule has 0 aromatic heterocycles. The summed E-state index contributed by atoms with van der Waals surface area (Å²) in [5.41, 5.74) is 1.55. The largest absolute Gasteiger partial charge is 0.342 e. The number of hydrogen-bond acceptors (Lipinski definition) is 3. The summed E-state index contributed by atoms with van der Waals surface area (Å²) in [4.78, 5) is 42.4. The first-order valence-corrected chi connectivity index (χ1v) is 9.46. The van der Waals surface area contributed by atoms with Crippen LogP contribution < -0.4 is 9.80 Å². The molecule has 0 saturated carbocycles. The van der Waals surface area contributed by atoms with Crippen molar-refractivity contribution < 1.29 is 14.4 Å². The van der Waals surface area contributed by atoms with Gasteiger partial charge in [0.1, 0.15) is 0 Å². The van der Waals surface area contributed by atoms with Crippen LogP contribution in [-0.2, 0) is 14.4 Å². The van der Waals surface area contributed by atoms with Gasteiger partial charge in [-0.25, -0.2) is 0 Å². The van der Waals surface area contributed by atoms with Crippen LogP contribution in [0.25, 0.3) is 0 Å². The number of nitrogens with zero attached hydrogens (tertiary/aromatic N) is 3. The van der Waals surface area contributed by atoms with Gasteiger partial charge >= 0.3 is 0 Å².